The molecule has 0 bridgehead atoms. The Bertz CT molecular complexity index is 349. The SMILES string of the molecule is CC(C)NC(=O)C(=O)Nc1ccncc1. The maximum Gasteiger partial charge on any atom is 0.313 e. The van der Waals surface area contributed by atoms with Gasteiger partial charge in [0.05, 0.1) is 0 Å². The summed E-state index contributed by atoms with van der Waals surface area (Å²) in [4.78, 5) is 26.3. The van der Waals surface area contributed by atoms with Crippen molar-refractivity contribution in [1.29, 1.82) is 0 Å². The molecule has 0 saturated heterocycles. The van der Waals surface area contributed by atoms with E-state index in [0.29, 0.717) is 5.69 Å². The Morgan fingerprint density at radius 1 is 1.20 bits per heavy atom. The molecule has 2 amide bonds. The van der Waals surface area contributed by atoms with E-state index in [2.05, 4.69) is 15.6 Å². The van der Waals surface area contributed by atoms with E-state index in [1.54, 1.807) is 26.0 Å². The summed E-state index contributed by atoms with van der Waals surface area (Å²) >= 11 is 0. The summed E-state index contributed by atoms with van der Waals surface area (Å²) in [5.74, 6) is -1.31. The minimum absolute atomic E-state index is 0.0549. The minimum atomic E-state index is -0.671. The molecule has 0 atom stereocenters. The van der Waals surface area contributed by atoms with Crippen molar-refractivity contribution < 1.29 is 9.59 Å². The number of anilines is 1. The molecule has 0 aliphatic rings. The van der Waals surface area contributed by atoms with Crippen molar-refractivity contribution >= 4 is 17.5 Å². The van der Waals surface area contributed by atoms with Crippen LogP contribution < -0.4 is 10.6 Å². The number of hydrogen-bond acceptors (Lipinski definition) is 3. The van der Waals surface area contributed by atoms with Crippen LogP contribution in [0.25, 0.3) is 0 Å². The zero-order valence-corrected chi connectivity index (χ0v) is 8.65. The monoisotopic (exact) mass is 207 g/mol. The molecule has 5 nitrogen and oxygen atoms in total. The van der Waals surface area contributed by atoms with Gasteiger partial charge in [0.2, 0.25) is 0 Å². The highest BCUT2D eigenvalue weighted by Crippen LogP contribution is 2.02. The van der Waals surface area contributed by atoms with Gasteiger partial charge in [-0.15, -0.1) is 0 Å². The summed E-state index contributed by atoms with van der Waals surface area (Å²) in [7, 11) is 0. The molecule has 15 heavy (non-hydrogen) atoms. The Morgan fingerprint density at radius 2 is 1.80 bits per heavy atom. The third kappa shape index (κ3) is 3.76. The molecule has 1 aromatic heterocycles. The van der Waals surface area contributed by atoms with Gasteiger partial charge in [-0.1, -0.05) is 0 Å². The van der Waals surface area contributed by atoms with Crippen molar-refractivity contribution in [2.24, 2.45) is 0 Å². The van der Waals surface area contributed by atoms with Crippen LogP contribution in [0.2, 0.25) is 0 Å². The normalized spacial score (nSPS) is 9.80. The van der Waals surface area contributed by atoms with Gasteiger partial charge in [-0.2, -0.15) is 0 Å². The molecule has 0 fully saturated rings. The molecule has 0 aliphatic heterocycles. The predicted molar refractivity (Wildman–Crippen MR) is 56.1 cm³/mol. The summed E-state index contributed by atoms with van der Waals surface area (Å²) in [6.07, 6.45) is 3.08. The molecule has 0 radical (unpaired) electrons. The fourth-order valence-corrected chi connectivity index (χ4v) is 0.951. The number of rotatable bonds is 2. The second kappa shape index (κ2) is 5.09. The van der Waals surface area contributed by atoms with E-state index in [9.17, 15) is 9.59 Å². The summed E-state index contributed by atoms with van der Waals surface area (Å²) in [6, 6.07) is 3.17. The van der Waals surface area contributed by atoms with Crippen LogP contribution >= 0.6 is 0 Å². The molecule has 80 valence electrons. The third-order valence-corrected chi connectivity index (χ3v) is 1.56. The summed E-state index contributed by atoms with van der Waals surface area (Å²) in [5, 5.41) is 4.95. The van der Waals surface area contributed by atoms with Crippen LogP contribution in [0.3, 0.4) is 0 Å². The lowest BCUT2D eigenvalue weighted by Crippen LogP contribution is -2.39. The summed E-state index contributed by atoms with van der Waals surface area (Å²) in [6.45, 7) is 3.58. The third-order valence-electron chi connectivity index (χ3n) is 1.56. The molecule has 5 heteroatoms. The zero-order chi connectivity index (χ0) is 11.3. The first kappa shape index (κ1) is 11.2. The second-order valence-electron chi connectivity index (χ2n) is 3.32. The zero-order valence-electron chi connectivity index (χ0n) is 8.65. The fraction of sp³-hybridized carbons (Fsp3) is 0.300. The van der Waals surface area contributed by atoms with Crippen LogP contribution in [-0.2, 0) is 9.59 Å². The van der Waals surface area contributed by atoms with E-state index < -0.39 is 11.8 Å². The van der Waals surface area contributed by atoms with Gasteiger partial charge in [-0.3, -0.25) is 14.6 Å². The Morgan fingerprint density at radius 3 is 2.33 bits per heavy atom. The van der Waals surface area contributed by atoms with Gasteiger partial charge >= 0.3 is 11.8 Å². The molecule has 0 saturated carbocycles. The Kier molecular flexibility index (Phi) is 3.79. The van der Waals surface area contributed by atoms with E-state index in [1.165, 1.54) is 12.4 Å². The molecule has 0 unspecified atom stereocenters. The van der Waals surface area contributed by atoms with E-state index in [0.717, 1.165) is 0 Å². The summed E-state index contributed by atoms with van der Waals surface area (Å²) in [5.41, 5.74) is 0.550. The van der Waals surface area contributed by atoms with Gasteiger partial charge in [0.15, 0.2) is 0 Å². The van der Waals surface area contributed by atoms with Crippen molar-refractivity contribution in [3.05, 3.63) is 24.5 Å². The van der Waals surface area contributed by atoms with Crippen molar-refractivity contribution in [3.8, 4) is 0 Å². The molecule has 2 N–H and O–H groups in total. The maximum absolute atomic E-state index is 11.3. The number of hydrogen-bond donors (Lipinski definition) is 2. The molecule has 1 rings (SSSR count). The maximum atomic E-state index is 11.3. The lowest BCUT2D eigenvalue weighted by Gasteiger charge is -2.08. The van der Waals surface area contributed by atoms with Crippen LogP contribution in [0.4, 0.5) is 5.69 Å². The highest BCUT2D eigenvalue weighted by Gasteiger charge is 2.13. The lowest BCUT2D eigenvalue weighted by molar-refractivity contribution is -0.136. The Labute approximate surface area is 87.9 Å². The fourth-order valence-electron chi connectivity index (χ4n) is 0.951. The van der Waals surface area contributed by atoms with Crippen LogP contribution in [-0.4, -0.2) is 22.8 Å². The van der Waals surface area contributed by atoms with Crippen molar-refractivity contribution in [2.45, 2.75) is 19.9 Å². The number of nitrogens with zero attached hydrogens (tertiary/aromatic N) is 1. The topological polar surface area (TPSA) is 71.1 Å². The van der Waals surface area contributed by atoms with Gasteiger partial charge in [-0.25, -0.2) is 0 Å². The van der Waals surface area contributed by atoms with Crippen molar-refractivity contribution in [2.75, 3.05) is 5.32 Å². The largest absolute Gasteiger partial charge is 0.346 e. The van der Waals surface area contributed by atoms with Crippen LogP contribution in [0.1, 0.15) is 13.8 Å². The van der Waals surface area contributed by atoms with Crippen LogP contribution in [0.5, 0.6) is 0 Å². The smallest absolute Gasteiger partial charge is 0.313 e. The van der Waals surface area contributed by atoms with E-state index >= 15 is 0 Å². The quantitative estimate of drug-likeness (QED) is 0.695. The van der Waals surface area contributed by atoms with Gasteiger partial charge in [0.25, 0.3) is 0 Å². The molecule has 1 heterocycles. The highest BCUT2D eigenvalue weighted by atomic mass is 16.2. The first-order chi connectivity index (χ1) is 7.09. The second-order valence-corrected chi connectivity index (χ2v) is 3.32. The predicted octanol–water partition coefficient (Wildman–Crippen LogP) is 0.545. The molecule has 0 spiro atoms. The first-order valence-corrected chi connectivity index (χ1v) is 4.61. The average Bonchev–Trinajstić information content (AvgIpc) is 2.18. The number of amides is 2. The molecule has 0 aromatic carbocycles. The Balaban J connectivity index is 2.53. The van der Waals surface area contributed by atoms with E-state index in [-0.39, 0.29) is 6.04 Å². The van der Waals surface area contributed by atoms with Gasteiger partial charge in [0.1, 0.15) is 0 Å². The van der Waals surface area contributed by atoms with Crippen molar-refractivity contribution in [3.63, 3.8) is 0 Å². The highest BCUT2D eigenvalue weighted by molar-refractivity contribution is 6.39. The number of aromatic nitrogens is 1. The van der Waals surface area contributed by atoms with Gasteiger partial charge in [-0.05, 0) is 26.0 Å². The Hall–Kier alpha value is -1.91. The standard InChI is InChI=1S/C10H13N3O2/c1-7(2)12-9(14)10(15)13-8-3-5-11-6-4-8/h3-7H,1-2H3,(H,12,14)(H,11,13,15). The molecular weight excluding hydrogens is 194 g/mol. The van der Waals surface area contributed by atoms with Gasteiger partial charge in [0, 0.05) is 24.1 Å². The molecule has 0 aliphatic carbocycles. The average molecular weight is 207 g/mol. The first-order valence-electron chi connectivity index (χ1n) is 4.61. The molecule has 1 aromatic rings. The number of nitrogens with one attached hydrogen (secondary N) is 2. The number of carbonyl (C=O) groups excluding carboxylic acids is 2. The van der Waals surface area contributed by atoms with Crippen LogP contribution in [0, 0.1) is 0 Å². The van der Waals surface area contributed by atoms with Crippen molar-refractivity contribution in [1.82, 2.24) is 10.3 Å². The lowest BCUT2D eigenvalue weighted by atomic mass is 10.3. The number of pyridine rings is 1. The van der Waals surface area contributed by atoms with Gasteiger partial charge < -0.3 is 10.6 Å². The summed E-state index contributed by atoms with van der Waals surface area (Å²) < 4.78 is 0. The van der Waals surface area contributed by atoms with E-state index in [1.807, 2.05) is 0 Å². The number of carbonyl (C=O) groups is 2. The minimum Gasteiger partial charge on any atom is -0.346 e. The van der Waals surface area contributed by atoms with E-state index in [4.69, 9.17) is 0 Å². The van der Waals surface area contributed by atoms with Crippen LogP contribution in [0.15, 0.2) is 24.5 Å². The molecular formula is C10H13N3O2.